The molecule has 17 heavy (non-hydrogen) atoms. The molecule has 0 atom stereocenters. The molecule has 1 heterocycles. The number of rotatable bonds is 2. The summed E-state index contributed by atoms with van der Waals surface area (Å²) in [5.74, 6) is 0. The van der Waals surface area contributed by atoms with E-state index in [0.717, 1.165) is 0 Å². The SMILES string of the molecule is N#CCc1c(C(F)F)cc(C(F)(F)F)nc1I. The van der Waals surface area contributed by atoms with Gasteiger partial charge in [0.25, 0.3) is 6.43 Å². The molecule has 0 fully saturated rings. The van der Waals surface area contributed by atoms with Crippen LogP contribution in [0.25, 0.3) is 0 Å². The van der Waals surface area contributed by atoms with Gasteiger partial charge < -0.3 is 0 Å². The zero-order chi connectivity index (χ0) is 13.2. The maximum absolute atomic E-state index is 12.6. The van der Waals surface area contributed by atoms with Crippen LogP contribution in [0.2, 0.25) is 0 Å². The van der Waals surface area contributed by atoms with Gasteiger partial charge in [0.2, 0.25) is 0 Å². The summed E-state index contributed by atoms with van der Waals surface area (Å²) in [6.45, 7) is 0. The van der Waals surface area contributed by atoms with Gasteiger partial charge in [-0.25, -0.2) is 13.8 Å². The van der Waals surface area contributed by atoms with Crippen molar-refractivity contribution in [1.82, 2.24) is 4.98 Å². The van der Waals surface area contributed by atoms with Crippen LogP contribution in [0.1, 0.15) is 23.2 Å². The quantitative estimate of drug-likeness (QED) is 0.457. The molecule has 1 aromatic rings. The minimum atomic E-state index is -4.78. The summed E-state index contributed by atoms with van der Waals surface area (Å²) in [7, 11) is 0. The highest BCUT2D eigenvalue weighted by Crippen LogP contribution is 2.33. The molecule has 2 nitrogen and oxygen atoms in total. The number of hydrogen-bond donors (Lipinski definition) is 0. The minimum absolute atomic E-state index is 0.156. The first-order chi connectivity index (χ1) is 7.77. The molecule has 0 N–H and O–H groups in total. The lowest BCUT2D eigenvalue weighted by Gasteiger charge is -2.12. The van der Waals surface area contributed by atoms with Gasteiger partial charge in [-0.05, 0) is 28.7 Å². The number of hydrogen-bond acceptors (Lipinski definition) is 2. The Morgan fingerprint density at radius 1 is 1.41 bits per heavy atom. The van der Waals surface area contributed by atoms with E-state index in [9.17, 15) is 22.0 Å². The number of aromatic nitrogens is 1. The molecule has 92 valence electrons. The highest BCUT2D eigenvalue weighted by atomic mass is 127. The average Bonchev–Trinajstić information content (AvgIpc) is 2.18. The van der Waals surface area contributed by atoms with E-state index >= 15 is 0 Å². The molecule has 8 heteroatoms. The first kappa shape index (κ1) is 14.1. The van der Waals surface area contributed by atoms with Crippen LogP contribution in [0.3, 0.4) is 0 Å². The second-order valence-corrected chi connectivity index (χ2v) is 4.02. The number of alkyl halides is 5. The molecule has 0 aliphatic carbocycles. The summed E-state index contributed by atoms with van der Waals surface area (Å²) in [5.41, 5.74) is -2.33. The van der Waals surface area contributed by atoms with Gasteiger partial charge in [0, 0.05) is 11.1 Å². The maximum Gasteiger partial charge on any atom is 0.433 e. The lowest BCUT2D eigenvalue weighted by Crippen LogP contribution is -2.12. The lowest BCUT2D eigenvalue weighted by molar-refractivity contribution is -0.141. The van der Waals surface area contributed by atoms with Crippen LogP contribution in [0.4, 0.5) is 22.0 Å². The summed E-state index contributed by atoms with van der Waals surface area (Å²) in [6.07, 6.45) is -8.26. The molecule has 0 amide bonds. The summed E-state index contributed by atoms with van der Waals surface area (Å²) in [4.78, 5) is 3.18. The predicted molar refractivity (Wildman–Crippen MR) is 56.2 cm³/mol. The van der Waals surface area contributed by atoms with E-state index in [2.05, 4.69) is 4.98 Å². The molecule has 1 aromatic heterocycles. The van der Waals surface area contributed by atoms with E-state index in [1.807, 2.05) is 0 Å². The molecule has 0 aromatic carbocycles. The van der Waals surface area contributed by atoms with Crippen molar-refractivity contribution in [1.29, 1.82) is 5.26 Å². The van der Waals surface area contributed by atoms with Crippen LogP contribution < -0.4 is 0 Å². The van der Waals surface area contributed by atoms with Crippen molar-refractivity contribution < 1.29 is 22.0 Å². The highest BCUT2D eigenvalue weighted by Gasteiger charge is 2.35. The molecular weight excluding hydrogens is 358 g/mol. The molecule has 0 bridgehead atoms. The zero-order valence-electron chi connectivity index (χ0n) is 8.02. The number of halogens is 6. The third kappa shape index (κ3) is 3.24. The average molecular weight is 362 g/mol. The van der Waals surface area contributed by atoms with Crippen molar-refractivity contribution in [2.75, 3.05) is 0 Å². The fourth-order valence-electron chi connectivity index (χ4n) is 1.15. The molecule has 0 spiro atoms. The Hall–Kier alpha value is -0.980. The van der Waals surface area contributed by atoms with Gasteiger partial charge >= 0.3 is 6.18 Å². The van der Waals surface area contributed by atoms with Gasteiger partial charge in [-0.3, -0.25) is 0 Å². The maximum atomic E-state index is 12.6. The molecule has 0 saturated carbocycles. The van der Waals surface area contributed by atoms with Crippen molar-refractivity contribution in [3.63, 3.8) is 0 Å². The largest absolute Gasteiger partial charge is 0.433 e. The molecule has 0 unspecified atom stereocenters. The summed E-state index contributed by atoms with van der Waals surface area (Å²) < 4.78 is 62.0. The predicted octanol–water partition coefficient (Wildman–Crippen LogP) is 3.71. The standard InChI is InChI=1S/C9H4F5IN2/c10-7(11)5-3-6(9(12,13)14)17-8(15)4(5)1-2-16/h3,7H,1H2. The summed E-state index contributed by atoms with van der Waals surface area (Å²) in [6, 6.07) is 1.91. The minimum Gasteiger partial charge on any atom is -0.237 e. The van der Waals surface area contributed by atoms with E-state index in [-0.39, 0.29) is 9.26 Å². The van der Waals surface area contributed by atoms with Crippen molar-refractivity contribution in [2.24, 2.45) is 0 Å². The fourth-order valence-corrected chi connectivity index (χ4v) is 1.91. The second-order valence-electron chi connectivity index (χ2n) is 3.00. The molecule has 0 saturated heterocycles. The van der Waals surface area contributed by atoms with Gasteiger partial charge in [0.05, 0.1) is 12.5 Å². The topological polar surface area (TPSA) is 36.7 Å². The molecule has 0 aliphatic rings. The summed E-state index contributed by atoms with van der Waals surface area (Å²) in [5, 5.41) is 8.43. The molecule has 0 aliphatic heterocycles. The van der Waals surface area contributed by atoms with E-state index in [1.165, 1.54) is 22.6 Å². The van der Waals surface area contributed by atoms with Crippen molar-refractivity contribution >= 4 is 22.6 Å². The van der Waals surface area contributed by atoms with Crippen LogP contribution in [0.5, 0.6) is 0 Å². The Bertz CT molecular complexity index is 464. The third-order valence-electron chi connectivity index (χ3n) is 1.89. The monoisotopic (exact) mass is 362 g/mol. The third-order valence-corrected chi connectivity index (χ3v) is 2.78. The Labute approximate surface area is 107 Å². The normalized spacial score (nSPS) is 11.6. The Kier molecular flexibility index (Phi) is 4.24. The molecule has 1 rings (SSSR count). The van der Waals surface area contributed by atoms with Crippen LogP contribution in [-0.2, 0) is 12.6 Å². The lowest BCUT2D eigenvalue weighted by atomic mass is 10.1. The van der Waals surface area contributed by atoms with Gasteiger partial charge in [0.15, 0.2) is 0 Å². The van der Waals surface area contributed by atoms with Gasteiger partial charge in [-0.2, -0.15) is 18.4 Å². The van der Waals surface area contributed by atoms with E-state index < -0.39 is 30.3 Å². The van der Waals surface area contributed by atoms with Crippen LogP contribution in [0, 0.1) is 15.0 Å². The van der Waals surface area contributed by atoms with Crippen LogP contribution >= 0.6 is 22.6 Å². The first-order valence-corrected chi connectivity index (χ1v) is 5.27. The first-order valence-electron chi connectivity index (χ1n) is 4.19. The van der Waals surface area contributed by atoms with Crippen LogP contribution in [0.15, 0.2) is 6.07 Å². The van der Waals surface area contributed by atoms with Gasteiger partial charge in [0.1, 0.15) is 9.39 Å². The van der Waals surface area contributed by atoms with E-state index in [1.54, 1.807) is 6.07 Å². The van der Waals surface area contributed by atoms with Gasteiger partial charge in [-0.15, -0.1) is 0 Å². The number of pyridine rings is 1. The highest BCUT2D eigenvalue weighted by molar-refractivity contribution is 14.1. The van der Waals surface area contributed by atoms with Crippen molar-refractivity contribution in [2.45, 2.75) is 19.0 Å². The van der Waals surface area contributed by atoms with Crippen molar-refractivity contribution in [3.05, 3.63) is 26.6 Å². The van der Waals surface area contributed by atoms with Crippen molar-refractivity contribution in [3.8, 4) is 6.07 Å². The van der Waals surface area contributed by atoms with E-state index in [0.29, 0.717) is 6.07 Å². The molecular formula is C9H4F5IN2. The Morgan fingerprint density at radius 3 is 2.41 bits per heavy atom. The number of nitrogens with zero attached hydrogens (tertiary/aromatic N) is 2. The van der Waals surface area contributed by atoms with E-state index in [4.69, 9.17) is 5.26 Å². The van der Waals surface area contributed by atoms with Crippen LogP contribution in [-0.4, -0.2) is 4.98 Å². The second kappa shape index (κ2) is 5.12. The summed E-state index contributed by atoms with van der Waals surface area (Å²) >= 11 is 1.41. The van der Waals surface area contributed by atoms with Gasteiger partial charge in [-0.1, -0.05) is 0 Å². The molecule has 0 radical (unpaired) electrons. The Balaban J connectivity index is 3.42. The number of nitriles is 1. The zero-order valence-corrected chi connectivity index (χ0v) is 10.2. The smallest absolute Gasteiger partial charge is 0.237 e. The Morgan fingerprint density at radius 2 is 2.00 bits per heavy atom. The fraction of sp³-hybridized carbons (Fsp3) is 0.333.